The molecule has 0 radical (unpaired) electrons. The highest BCUT2D eigenvalue weighted by Crippen LogP contribution is 2.41. The van der Waals surface area contributed by atoms with Crippen molar-refractivity contribution >= 4 is 51.5 Å². The molecule has 2 aromatic carbocycles. The molecule has 16 heteroatoms. The number of aliphatic hydroxyl groups excluding tert-OH is 1. The average Bonchev–Trinajstić information content (AvgIpc) is 3.83. The van der Waals surface area contributed by atoms with Crippen molar-refractivity contribution in [2.75, 3.05) is 67.0 Å². The third-order valence-electron chi connectivity index (χ3n) is 15.9. The van der Waals surface area contributed by atoms with Crippen molar-refractivity contribution in [2.24, 2.45) is 37.8 Å². The van der Waals surface area contributed by atoms with Gasteiger partial charge in [0.2, 0.25) is 5.91 Å². The van der Waals surface area contributed by atoms with Gasteiger partial charge < -0.3 is 48.7 Å². The number of halogens is 1. The molecule has 2 saturated heterocycles. The molecule has 4 atom stereocenters. The normalized spacial score (nSPS) is 19.3. The SMILES string of the molecule is CC(=O)OCC(CCC(=O)O)N(C)C(=O)c1ccc2c(c1)c1c(n2C)CC[C@@H](C2CCOCC2)C1.CN(C(=O)c1ccc2c(c1)c1c(n2C)CC[C@@H](C2CCOCC2)C1)C(CO)CCC(=O)NCCF. The first-order chi connectivity index (χ1) is 33.7. The minimum absolute atomic E-state index is 0.0197. The second kappa shape index (κ2) is 24.2. The van der Waals surface area contributed by atoms with Crippen molar-refractivity contribution in [3.05, 3.63) is 70.0 Å². The Morgan fingerprint density at radius 2 is 1.20 bits per heavy atom. The molecule has 2 aliphatic carbocycles. The van der Waals surface area contributed by atoms with Gasteiger partial charge in [-0.15, -0.1) is 0 Å². The smallest absolute Gasteiger partial charge is 0.303 e. The Labute approximate surface area is 411 Å². The predicted molar refractivity (Wildman–Crippen MR) is 265 cm³/mol. The number of ether oxygens (including phenoxy) is 3. The first kappa shape index (κ1) is 52.5. The highest BCUT2D eigenvalue weighted by atomic mass is 19.1. The Morgan fingerprint density at radius 3 is 1.64 bits per heavy atom. The van der Waals surface area contributed by atoms with E-state index in [1.807, 2.05) is 36.4 Å². The number of aromatic nitrogens is 2. The Morgan fingerprint density at radius 1 is 0.729 bits per heavy atom. The molecule has 8 rings (SSSR count). The van der Waals surface area contributed by atoms with Crippen molar-refractivity contribution in [3.63, 3.8) is 0 Å². The summed E-state index contributed by atoms with van der Waals surface area (Å²) in [7, 11) is 7.52. The number of aryl methyl sites for hydroxylation is 2. The van der Waals surface area contributed by atoms with Crippen LogP contribution < -0.4 is 5.32 Å². The number of alkyl halides is 1. The number of carboxylic acids is 1. The fraction of sp³-hybridized carbons (Fsp3) is 0.611. The van der Waals surface area contributed by atoms with Crippen LogP contribution in [0.3, 0.4) is 0 Å². The standard InChI is InChI=1S/C27H38FN3O4.C27H36N2O6/c1-30(21(17-32)5-8-26(33)29-12-11-28)27(34)20-4-7-25-23(16-20)22-15-19(3-6-24(22)31(25)2)18-9-13-35-14-10-18;1-17(30)35-16-21(6-9-26(31)32)28(2)27(33)20-5-8-25-23(15-20)22-14-19(4-7-24(22)29(25)3)18-10-12-34-13-11-18/h4,7,16,18-19,21,32H,3,5-6,8-15,17H2,1-2H3,(H,29,33);5,8,15,18-19,21H,4,6-7,9-14,16H2,1-3H3,(H,31,32)/t2*19-,21?/m11/s1. The zero-order valence-electron chi connectivity index (χ0n) is 41.8. The van der Waals surface area contributed by atoms with Gasteiger partial charge in [-0.3, -0.25) is 24.0 Å². The molecule has 3 amide bonds. The van der Waals surface area contributed by atoms with Gasteiger partial charge >= 0.3 is 11.9 Å². The quantitative estimate of drug-likeness (QED) is 0.0978. The van der Waals surface area contributed by atoms with Crippen LogP contribution in [0.2, 0.25) is 0 Å². The first-order valence-electron chi connectivity index (χ1n) is 25.4. The molecule has 2 aromatic heterocycles. The lowest BCUT2D eigenvalue weighted by atomic mass is 9.75. The fourth-order valence-corrected chi connectivity index (χ4v) is 11.7. The monoisotopic (exact) mass is 972 g/mol. The van der Waals surface area contributed by atoms with E-state index in [0.29, 0.717) is 41.2 Å². The largest absolute Gasteiger partial charge is 0.481 e. The van der Waals surface area contributed by atoms with Crippen LogP contribution in [0.1, 0.15) is 114 Å². The Bertz CT molecular complexity index is 2470. The molecule has 0 spiro atoms. The summed E-state index contributed by atoms with van der Waals surface area (Å²) < 4.78 is 33.1. The molecule has 3 N–H and O–H groups in total. The third kappa shape index (κ3) is 12.2. The molecule has 15 nitrogen and oxygen atoms in total. The van der Waals surface area contributed by atoms with Crippen LogP contribution in [0.5, 0.6) is 0 Å². The number of nitrogens with zero attached hydrogens (tertiary/aromatic N) is 4. The summed E-state index contributed by atoms with van der Waals surface area (Å²) >= 11 is 0. The maximum Gasteiger partial charge on any atom is 0.303 e. The lowest BCUT2D eigenvalue weighted by Gasteiger charge is -2.33. The summed E-state index contributed by atoms with van der Waals surface area (Å²) in [5, 5.41) is 23.7. The molecule has 4 heterocycles. The number of amides is 3. The molecule has 0 bridgehead atoms. The number of hydrogen-bond donors (Lipinski definition) is 3. The van der Waals surface area contributed by atoms with Gasteiger partial charge in [-0.25, -0.2) is 4.39 Å². The van der Waals surface area contributed by atoms with Crippen LogP contribution in [0.25, 0.3) is 21.8 Å². The molecular formula is C54H74FN5O10. The summed E-state index contributed by atoms with van der Waals surface area (Å²) in [6, 6.07) is 10.7. The minimum atomic E-state index is -0.949. The molecule has 70 heavy (non-hydrogen) atoms. The van der Waals surface area contributed by atoms with E-state index in [-0.39, 0.29) is 56.7 Å². The van der Waals surface area contributed by atoms with Gasteiger partial charge in [-0.1, -0.05) is 0 Å². The topological polar surface area (TPSA) is 182 Å². The van der Waals surface area contributed by atoms with Crippen LogP contribution in [0.15, 0.2) is 36.4 Å². The van der Waals surface area contributed by atoms with Gasteiger partial charge in [-0.2, -0.15) is 0 Å². The maximum absolute atomic E-state index is 13.4. The molecule has 4 aliphatic rings. The van der Waals surface area contributed by atoms with Crippen molar-refractivity contribution in [1.82, 2.24) is 24.3 Å². The molecule has 2 fully saturated rings. The second-order valence-corrected chi connectivity index (χ2v) is 20.0. The predicted octanol–water partition coefficient (Wildman–Crippen LogP) is 6.59. The van der Waals surface area contributed by atoms with Gasteiger partial charge in [0, 0.05) is 125 Å². The Balaban J connectivity index is 0.000000206. The lowest BCUT2D eigenvalue weighted by Crippen LogP contribution is -2.40. The first-order valence-corrected chi connectivity index (χ1v) is 25.4. The summed E-state index contributed by atoms with van der Waals surface area (Å²) in [6.45, 7) is 3.82. The fourth-order valence-electron chi connectivity index (χ4n) is 11.7. The van der Waals surface area contributed by atoms with Crippen LogP contribution in [0, 0.1) is 23.7 Å². The van der Waals surface area contributed by atoms with E-state index in [0.717, 1.165) is 99.6 Å². The average molecular weight is 972 g/mol. The number of benzene rings is 2. The van der Waals surface area contributed by atoms with Crippen molar-refractivity contribution in [1.29, 1.82) is 0 Å². The van der Waals surface area contributed by atoms with Gasteiger partial charge in [0.05, 0.1) is 18.7 Å². The van der Waals surface area contributed by atoms with E-state index in [1.165, 1.54) is 52.1 Å². The summed E-state index contributed by atoms with van der Waals surface area (Å²) in [5.41, 5.74) is 8.86. The van der Waals surface area contributed by atoms with Gasteiger partial charge in [-0.05, 0) is 148 Å². The van der Waals surface area contributed by atoms with E-state index >= 15 is 0 Å². The number of hydrogen-bond acceptors (Lipinski definition) is 9. The maximum atomic E-state index is 13.4. The molecular weight excluding hydrogens is 898 g/mol. The zero-order chi connectivity index (χ0) is 50.1. The van der Waals surface area contributed by atoms with Gasteiger partial charge in [0.15, 0.2) is 0 Å². The highest BCUT2D eigenvalue weighted by molar-refractivity contribution is 6.00. The van der Waals surface area contributed by atoms with Crippen LogP contribution in [-0.4, -0.2) is 138 Å². The van der Waals surface area contributed by atoms with Crippen LogP contribution >= 0.6 is 0 Å². The summed E-state index contributed by atoms with van der Waals surface area (Å²) in [6.07, 6.45) is 11.6. The molecule has 2 unspecified atom stereocenters. The Kier molecular flexibility index (Phi) is 18.1. The van der Waals surface area contributed by atoms with E-state index in [1.54, 1.807) is 14.1 Å². The minimum Gasteiger partial charge on any atom is -0.481 e. The van der Waals surface area contributed by atoms with Crippen molar-refractivity contribution in [2.45, 2.75) is 109 Å². The second-order valence-electron chi connectivity index (χ2n) is 20.0. The number of carboxylic acid groups (broad SMARTS) is 1. The van der Waals surface area contributed by atoms with Gasteiger partial charge in [0.25, 0.3) is 11.8 Å². The van der Waals surface area contributed by atoms with E-state index < -0.39 is 30.7 Å². The third-order valence-corrected chi connectivity index (χ3v) is 15.9. The molecule has 382 valence electrons. The van der Waals surface area contributed by atoms with Crippen LogP contribution in [0.4, 0.5) is 4.39 Å². The highest BCUT2D eigenvalue weighted by Gasteiger charge is 2.33. The summed E-state index contributed by atoms with van der Waals surface area (Å²) in [4.78, 5) is 64.1. The van der Waals surface area contributed by atoms with E-state index in [2.05, 4.69) is 28.5 Å². The summed E-state index contributed by atoms with van der Waals surface area (Å²) in [5.74, 6) is 0.629. The number of aliphatic carboxylic acids is 1. The molecule has 0 saturated carbocycles. The number of rotatable bonds is 17. The number of aliphatic hydroxyl groups is 1. The number of fused-ring (bicyclic) bond motifs is 6. The Hall–Kier alpha value is -5.32. The zero-order valence-corrected chi connectivity index (χ0v) is 41.8. The van der Waals surface area contributed by atoms with Crippen molar-refractivity contribution < 1.29 is 52.8 Å². The lowest BCUT2D eigenvalue weighted by molar-refractivity contribution is -0.142. The number of esters is 1. The molecule has 2 aliphatic heterocycles. The number of carbonyl (C=O) groups excluding carboxylic acids is 4. The van der Waals surface area contributed by atoms with E-state index in [9.17, 15) is 33.5 Å². The van der Waals surface area contributed by atoms with Crippen LogP contribution in [-0.2, 0) is 68.4 Å². The van der Waals surface area contributed by atoms with E-state index in [4.69, 9.17) is 19.3 Å². The number of likely N-dealkylation sites (N-methyl/N-ethyl adjacent to an activating group) is 2. The van der Waals surface area contributed by atoms with Crippen molar-refractivity contribution in [3.8, 4) is 0 Å². The number of nitrogens with one attached hydrogen (secondary N) is 1. The molecule has 4 aromatic rings. The number of carbonyl (C=O) groups is 5. The van der Waals surface area contributed by atoms with Gasteiger partial charge in [0.1, 0.15) is 13.3 Å².